The van der Waals surface area contributed by atoms with Crippen LogP contribution in [-0.2, 0) is 16.1 Å². The highest BCUT2D eigenvalue weighted by Crippen LogP contribution is 2.36. The number of rotatable bonds is 7. The van der Waals surface area contributed by atoms with Crippen LogP contribution >= 0.6 is 11.3 Å². The van der Waals surface area contributed by atoms with Crippen LogP contribution in [-0.4, -0.2) is 51.5 Å². The van der Waals surface area contributed by atoms with Crippen LogP contribution in [0, 0.1) is 5.92 Å². The average molecular weight is 482 g/mol. The van der Waals surface area contributed by atoms with Crippen LogP contribution < -0.4 is 5.32 Å². The average Bonchev–Trinajstić information content (AvgIpc) is 3.63. The van der Waals surface area contributed by atoms with Gasteiger partial charge in [-0.15, -0.1) is 11.3 Å². The predicted molar refractivity (Wildman–Crippen MR) is 132 cm³/mol. The smallest absolute Gasteiger partial charge is 0.256 e. The molecule has 8 nitrogen and oxygen atoms in total. The van der Waals surface area contributed by atoms with E-state index in [1.54, 1.807) is 31.0 Å². The molecule has 9 heteroatoms. The van der Waals surface area contributed by atoms with E-state index in [0.29, 0.717) is 36.5 Å². The molecule has 1 aromatic carbocycles. The molecule has 2 aliphatic rings. The highest BCUT2D eigenvalue weighted by Gasteiger charge is 2.34. The quantitative estimate of drug-likeness (QED) is 0.531. The molecule has 1 saturated heterocycles. The molecule has 0 radical (unpaired) electrons. The van der Waals surface area contributed by atoms with Crippen molar-refractivity contribution in [2.75, 3.05) is 25.6 Å². The molecular formula is C25H31N5O3S. The number of anilines is 1. The number of methoxy groups -OCH3 is 1. The Kier molecular flexibility index (Phi) is 6.92. The number of nitrogens with one attached hydrogen (secondary N) is 1. The number of aromatic nitrogens is 3. The number of ether oxygens (including phenoxy) is 1. The van der Waals surface area contributed by atoms with Gasteiger partial charge in [0.05, 0.1) is 35.6 Å². The minimum atomic E-state index is -0.0457. The van der Waals surface area contributed by atoms with Gasteiger partial charge in [0.25, 0.3) is 5.91 Å². The Balaban J connectivity index is 1.50. The molecule has 3 aromatic rings. The molecule has 34 heavy (non-hydrogen) atoms. The highest BCUT2D eigenvalue weighted by molar-refractivity contribution is 7.09. The largest absolute Gasteiger partial charge is 0.383 e. The molecule has 3 heterocycles. The van der Waals surface area contributed by atoms with Gasteiger partial charge in [0, 0.05) is 43.4 Å². The summed E-state index contributed by atoms with van der Waals surface area (Å²) in [6.45, 7) is 1.80. The van der Waals surface area contributed by atoms with Gasteiger partial charge < -0.3 is 19.5 Å². The topological polar surface area (TPSA) is 89.3 Å². The molecular weight excluding hydrogens is 450 g/mol. The van der Waals surface area contributed by atoms with Crippen molar-refractivity contribution >= 4 is 39.9 Å². The molecule has 0 spiro atoms. The second-order valence-corrected chi connectivity index (χ2v) is 10.1. The summed E-state index contributed by atoms with van der Waals surface area (Å²) in [6, 6.07) is 3.69. The number of benzene rings is 1. The molecule has 1 unspecified atom stereocenters. The summed E-state index contributed by atoms with van der Waals surface area (Å²) in [5.74, 6) is 0.0319. The molecule has 1 aliphatic heterocycles. The van der Waals surface area contributed by atoms with Gasteiger partial charge in [-0.3, -0.25) is 9.59 Å². The molecule has 1 N–H and O–H groups in total. The first-order valence-electron chi connectivity index (χ1n) is 12.1. The minimum Gasteiger partial charge on any atom is -0.383 e. The summed E-state index contributed by atoms with van der Waals surface area (Å²) in [5, 5.41) is 6.01. The van der Waals surface area contributed by atoms with Gasteiger partial charge >= 0.3 is 0 Å². The Labute approximate surface area is 203 Å². The number of likely N-dealkylation sites (tertiary alicyclic amines) is 1. The van der Waals surface area contributed by atoms with E-state index >= 15 is 0 Å². The van der Waals surface area contributed by atoms with E-state index in [-0.39, 0.29) is 23.8 Å². The maximum Gasteiger partial charge on any atom is 0.256 e. The van der Waals surface area contributed by atoms with Crippen molar-refractivity contribution in [1.29, 1.82) is 0 Å². The third-order valence-corrected chi connectivity index (χ3v) is 7.85. The van der Waals surface area contributed by atoms with Gasteiger partial charge in [-0.25, -0.2) is 9.97 Å². The Morgan fingerprint density at radius 1 is 1.15 bits per heavy atom. The second kappa shape index (κ2) is 10.2. The van der Waals surface area contributed by atoms with E-state index in [4.69, 9.17) is 4.74 Å². The van der Waals surface area contributed by atoms with E-state index < -0.39 is 0 Å². The lowest BCUT2D eigenvalue weighted by atomic mass is 9.88. The number of carbonyl (C=O) groups excluding carboxylic acids is 2. The number of hydrogen-bond acceptors (Lipinski definition) is 6. The normalized spacial score (nSPS) is 19.1. The first-order valence-corrected chi connectivity index (χ1v) is 13.0. The Hall–Kier alpha value is -2.78. The molecule has 1 aliphatic carbocycles. The van der Waals surface area contributed by atoms with Crippen molar-refractivity contribution in [3.05, 3.63) is 40.6 Å². The number of amides is 2. The molecule has 1 atom stereocenters. The molecule has 1 saturated carbocycles. The number of nitrogens with zero attached hydrogens (tertiary/aromatic N) is 4. The van der Waals surface area contributed by atoms with E-state index in [1.165, 1.54) is 6.42 Å². The summed E-state index contributed by atoms with van der Waals surface area (Å²) in [7, 11) is 1.66. The Morgan fingerprint density at radius 3 is 2.76 bits per heavy atom. The third-order valence-electron chi connectivity index (χ3n) is 6.97. The number of hydrogen-bond donors (Lipinski definition) is 1. The second-order valence-electron chi connectivity index (χ2n) is 9.17. The van der Waals surface area contributed by atoms with Crippen molar-refractivity contribution in [1.82, 2.24) is 19.4 Å². The minimum absolute atomic E-state index is 0.0154. The Bertz CT molecular complexity index is 1150. The fourth-order valence-electron chi connectivity index (χ4n) is 5.23. The van der Waals surface area contributed by atoms with E-state index in [9.17, 15) is 9.59 Å². The number of imidazole rings is 1. The maximum absolute atomic E-state index is 13.9. The van der Waals surface area contributed by atoms with Crippen LogP contribution in [0.3, 0.4) is 0 Å². The lowest BCUT2D eigenvalue weighted by Gasteiger charge is -2.24. The zero-order chi connectivity index (χ0) is 23.5. The van der Waals surface area contributed by atoms with Gasteiger partial charge in [0.1, 0.15) is 5.01 Å². The molecule has 2 amide bonds. The van der Waals surface area contributed by atoms with Gasteiger partial charge in [-0.1, -0.05) is 19.3 Å². The fraction of sp³-hybridized carbons (Fsp3) is 0.520. The fourth-order valence-corrected chi connectivity index (χ4v) is 6.02. The van der Waals surface area contributed by atoms with Gasteiger partial charge in [0.15, 0.2) is 0 Å². The monoisotopic (exact) mass is 481 g/mol. The number of fused-ring (bicyclic) bond motifs is 1. The standard InChI is InChI=1S/C25H31N5O3S/c1-33-12-11-29-16-27-20-15-18(28-23(31)17-6-3-2-4-7-17)14-19(22(20)29)25(32)30-10-5-8-21(30)24-26-9-13-34-24/h9,13-17,21H,2-8,10-12H2,1H3,(H,28,31). The molecule has 2 fully saturated rings. The van der Waals surface area contributed by atoms with Crippen molar-refractivity contribution < 1.29 is 14.3 Å². The summed E-state index contributed by atoms with van der Waals surface area (Å²) in [4.78, 5) is 37.9. The van der Waals surface area contributed by atoms with Crippen LogP contribution in [0.1, 0.15) is 66.4 Å². The van der Waals surface area contributed by atoms with Crippen LogP contribution in [0.15, 0.2) is 30.0 Å². The molecule has 0 bridgehead atoms. The summed E-state index contributed by atoms with van der Waals surface area (Å²) in [5.41, 5.74) is 2.68. The first kappa shape index (κ1) is 23.0. The van der Waals surface area contributed by atoms with Gasteiger partial charge in [-0.2, -0.15) is 0 Å². The van der Waals surface area contributed by atoms with E-state index in [1.807, 2.05) is 27.0 Å². The third kappa shape index (κ3) is 4.59. The SMILES string of the molecule is COCCn1cnc2cc(NC(=O)C3CCCCC3)cc(C(=O)N3CCCC3c3nccs3)c21. The van der Waals surface area contributed by atoms with Crippen molar-refractivity contribution in [3.63, 3.8) is 0 Å². The summed E-state index contributed by atoms with van der Waals surface area (Å²) in [6.07, 6.45) is 10.6. The number of carbonyl (C=O) groups is 2. The van der Waals surface area contributed by atoms with Crippen molar-refractivity contribution in [3.8, 4) is 0 Å². The van der Waals surface area contributed by atoms with Crippen LogP contribution in [0.4, 0.5) is 5.69 Å². The van der Waals surface area contributed by atoms with Gasteiger partial charge in [-0.05, 0) is 37.8 Å². The number of thiazole rings is 1. The van der Waals surface area contributed by atoms with Crippen LogP contribution in [0.2, 0.25) is 0 Å². The summed E-state index contributed by atoms with van der Waals surface area (Å²) < 4.78 is 7.23. The lowest BCUT2D eigenvalue weighted by molar-refractivity contribution is -0.120. The Morgan fingerprint density at radius 2 is 2.00 bits per heavy atom. The molecule has 5 rings (SSSR count). The van der Waals surface area contributed by atoms with E-state index in [0.717, 1.165) is 49.0 Å². The van der Waals surface area contributed by atoms with Crippen LogP contribution in [0.25, 0.3) is 11.0 Å². The van der Waals surface area contributed by atoms with Crippen molar-refractivity contribution in [2.24, 2.45) is 5.92 Å². The zero-order valence-corrected chi connectivity index (χ0v) is 20.4. The van der Waals surface area contributed by atoms with Crippen molar-refractivity contribution in [2.45, 2.75) is 57.5 Å². The molecule has 180 valence electrons. The lowest BCUT2D eigenvalue weighted by Crippen LogP contribution is -2.31. The predicted octanol–water partition coefficient (Wildman–Crippen LogP) is 4.64. The highest BCUT2D eigenvalue weighted by atomic mass is 32.1. The van der Waals surface area contributed by atoms with Gasteiger partial charge in [0.2, 0.25) is 5.91 Å². The first-order chi connectivity index (χ1) is 16.7. The summed E-state index contributed by atoms with van der Waals surface area (Å²) >= 11 is 1.59. The maximum atomic E-state index is 13.9. The van der Waals surface area contributed by atoms with Crippen LogP contribution in [0.5, 0.6) is 0 Å². The zero-order valence-electron chi connectivity index (χ0n) is 19.5. The molecule has 2 aromatic heterocycles. The van der Waals surface area contributed by atoms with E-state index in [2.05, 4.69) is 15.3 Å².